The van der Waals surface area contributed by atoms with Crippen molar-refractivity contribution in [3.63, 3.8) is 0 Å². The van der Waals surface area contributed by atoms with Gasteiger partial charge in [-0.1, -0.05) is 49.4 Å². The molecule has 9 heavy (non-hydrogen) atoms. The first-order valence-corrected chi connectivity index (χ1v) is 4.71. The van der Waals surface area contributed by atoms with Crippen LogP contribution in [0.5, 0.6) is 0 Å². The molecule has 0 amide bonds. The molecule has 54 valence electrons. The molecule has 0 fully saturated rings. The fourth-order valence-corrected chi connectivity index (χ4v) is 1.51. The van der Waals surface area contributed by atoms with Gasteiger partial charge in [-0.25, -0.2) is 0 Å². The van der Waals surface area contributed by atoms with E-state index in [2.05, 4.69) is 53.5 Å². The zero-order chi connectivity index (χ0) is 7.33. The molecule has 0 atom stereocenters. The van der Waals surface area contributed by atoms with Gasteiger partial charge in [0.25, 0.3) is 0 Å². The molecule has 1 heteroatoms. The number of rotatable bonds is 3. The lowest BCUT2D eigenvalue weighted by molar-refractivity contribution is 0.397. The van der Waals surface area contributed by atoms with Crippen molar-refractivity contribution in [2.24, 2.45) is 5.41 Å². The highest BCUT2D eigenvalue weighted by Crippen LogP contribution is 2.27. The zero-order valence-corrected chi connectivity index (χ0v) is 8.60. The largest absolute Gasteiger partial charge is 0.0725 e. The van der Waals surface area contributed by atoms with E-state index in [1.807, 2.05) is 0 Å². The number of hydrogen-bond donors (Lipinski definition) is 0. The van der Waals surface area contributed by atoms with Crippen LogP contribution in [-0.4, -0.2) is 0 Å². The van der Waals surface area contributed by atoms with Crippen LogP contribution in [0.1, 0.15) is 33.6 Å². The molecule has 0 unspecified atom stereocenters. The third-order valence-corrected chi connectivity index (χ3v) is 2.44. The lowest BCUT2D eigenvalue weighted by Gasteiger charge is -2.20. The molecule has 0 aliphatic carbocycles. The van der Waals surface area contributed by atoms with Crippen molar-refractivity contribution in [2.75, 3.05) is 0 Å². The van der Waals surface area contributed by atoms with E-state index >= 15 is 0 Å². The summed E-state index contributed by atoms with van der Waals surface area (Å²) in [5.74, 6) is 0. The summed E-state index contributed by atoms with van der Waals surface area (Å²) in [7, 11) is 0. The minimum Gasteiger partial charge on any atom is -0.0725 e. The van der Waals surface area contributed by atoms with E-state index in [9.17, 15) is 0 Å². The van der Waals surface area contributed by atoms with Gasteiger partial charge in [0, 0.05) is 0 Å². The standard InChI is InChI=1S/C8H15I/c1-4-8(3,5-2)6-7-9/h6-7H,4-5H2,1-3H3/b7-6-. The van der Waals surface area contributed by atoms with Crippen LogP contribution in [0.15, 0.2) is 10.2 Å². The Hall–Kier alpha value is 0.470. The van der Waals surface area contributed by atoms with Gasteiger partial charge in [0.05, 0.1) is 0 Å². The topological polar surface area (TPSA) is 0 Å². The van der Waals surface area contributed by atoms with Gasteiger partial charge in [0.15, 0.2) is 0 Å². The number of allylic oxidation sites excluding steroid dienone is 1. The number of hydrogen-bond acceptors (Lipinski definition) is 0. The van der Waals surface area contributed by atoms with Crippen LogP contribution in [0.3, 0.4) is 0 Å². The van der Waals surface area contributed by atoms with E-state index in [1.54, 1.807) is 0 Å². The second-order valence-corrected chi connectivity index (χ2v) is 3.37. The van der Waals surface area contributed by atoms with Gasteiger partial charge in [0.1, 0.15) is 0 Å². The monoisotopic (exact) mass is 238 g/mol. The minimum atomic E-state index is 0.446. The van der Waals surface area contributed by atoms with Crippen molar-refractivity contribution < 1.29 is 0 Å². The maximum absolute atomic E-state index is 2.29. The fraction of sp³-hybridized carbons (Fsp3) is 0.750. The molecular formula is C8H15I. The van der Waals surface area contributed by atoms with Gasteiger partial charge in [-0.2, -0.15) is 0 Å². The Morgan fingerprint density at radius 2 is 1.78 bits per heavy atom. The molecule has 0 aliphatic rings. The summed E-state index contributed by atoms with van der Waals surface area (Å²) < 4.78 is 2.12. The van der Waals surface area contributed by atoms with Crippen molar-refractivity contribution in [3.05, 3.63) is 10.2 Å². The summed E-state index contributed by atoms with van der Waals surface area (Å²) in [6, 6.07) is 0. The Bertz CT molecular complexity index is 90.7. The highest BCUT2D eigenvalue weighted by Gasteiger charge is 2.13. The van der Waals surface area contributed by atoms with E-state index in [0.717, 1.165) is 0 Å². The molecular weight excluding hydrogens is 223 g/mol. The number of halogens is 1. The van der Waals surface area contributed by atoms with Crippen molar-refractivity contribution in [1.29, 1.82) is 0 Å². The molecule has 0 nitrogen and oxygen atoms in total. The fourth-order valence-electron chi connectivity index (χ4n) is 0.638. The zero-order valence-electron chi connectivity index (χ0n) is 6.45. The second kappa shape index (κ2) is 4.31. The lowest BCUT2D eigenvalue weighted by atomic mass is 9.85. The van der Waals surface area contributed by atoms with Gasteiger partial charge in [-0.05, 0) is 22.3 Å². The van der Waals surface area contributed by atoms with Crippen molar-refractivity contribution >= 4 is 22.6 Å². The van der Waals surface area contributed by atoms with Gasteiger partial charge in [-0.15, -0.1) is 0 Å². The molecule has 0 heterocycles. The first kappa shape index (κ1) is 9.47. The maximum atomic E-state index is 2.29. The molecule has 0 N–H and O–H groups in total. The first-order chi connectivity index (χ1) is 4.18. The molecule has 0 saturated carbocycles. The Balaban J connectivity index is 3.92. The van der Waals surface area contributed by atoms with Crippen molar-refractivity contribution in [3.8, 4) is 0 Å². The molecule has 0 radical (unpaired) electrons. The minimum absolute atomic E-state index is 0.446. The van der Waals surface area contributed by atoms with Crippen LogP contribution >= 0.6 is 22.6 Å². The van der Waals surface area contributed by atoms with Gasteiger partial charge in [-0.3, -0.25) is 0 Å². The third kappa shape index (κ3) is 3.23. The van der Waals surface area contributed by atoms with E-state index in [-0.39, 0.29) is 0 Å². The first-order valence-electron chi connectivity index (χ1n) is 3.46. The molecule has 0 bridgehead atoms. The summed E-state index contributed by atoms with van der Waals surface area (Å²) in [5.41, 5.74) is 0.446. The summed E-state index contributed by atoms with van der Waals surface area (Å²) in [5, 5.41) is 0. The van der Waals surface area contributed by atoms with Crippen LogP contribution in [0.2, 0.25) is 0 Å². The molecule has 0 rings (SSSR count). The summed E-state index contributed by atoms with van der Waals surface area (Å²) in [4.78, 5) is 0. The van der Waals surface area contributed by atoms with E-state index in [4.69, 9.17) is 0 Å². The smallest absolute Gasteiger partial charge is 0.0144 e. The van der Waals surface area contributed by atoms with Crippen LogP contribution in [0.4, 0.5) is 0 Å². The predicted molar refractivity (Wildman–Crippen MR) is 51.8 cm³/mol. The molecule has 0 aromatic rings. The summed E-state index contributed by atoms with van der Waals surface area (Å²) in [6.45, 7) is 6.77. The maximum Gasteiger partial charge on any atom is -0.0144 e. The normalized spacial score (nSPS) is 12.9. The second-order valence-electron chi connectivity index (χ2n) is 2.65. The average molecular weight is 238 g/mol. The van der Waals surface area contributed by atoms with Crippen LogP contribution in [0.25, 0.3) is 0 Å². The van der Waals surface area contributed by atoms with Crippen molar-refractivity contribution in [1.82, 2.24) is 0 Å². The van der Waals surface area contributed by atoms with Gasteiger partial charge in [0.2, 0.25) is 0 Å². The highest BCUT2D eigenvalue weighted by atomic mass is 127. The van der Waals surface area contributed by atoms with Crippen molar-refractivity contribution in [2.45, 2.75) is 33.6 Å². The lowest BCUT2D eigenvalue weighted by Crippen LogP contribution is -2.08. The van der Waals surface area contributed by atoms with Crippen LogP contribution < -0.4 is 0 Å². The molecule has 0 saturated heterocycles. The van der Waals surface area contributed by atoms with E-state index in [1.165, 1.54) is 12.8 Å². The summed E-state index contributed by atoms with van der Waals surface area (Å²) in [6.07, 6.45) is 4.76. The SMILES string of the molecule is CCC(C)(/C=C\I)CC. The predicted octanol–water partition coefficient (Wildman–Crippen LogP) is 3.76. The Morgan fingerprint density at radius 3 is 1.89 bits per heavy atom. The Kier molecular flexibility index (Phi) is 4.54. The molecule has 0 aliphatic heterocycles. The Labute approximate surface area is 71.9 Å². The summed E-state index contributed by atoms with van der Waals surface area (Å²) >= 11 is 2.28. The van der Waals surface area contributed by atoms with E-state index < -0.39 is 0 Å². The molecule has 0 aromatic heterocycles. The van der Waals surface area contributed by atoms with E-state index in [0.29, 0.717) is 5.41 Å². The van der Waals surface area contributed by atoms with Gasteiger partial charge >= 0.3 is 0 Å². The third-order valence-electron chi connectivity index (χ3n) is 2.08. The van der Waals surface area contributed by atoms with Crippen LogP contribution in [0, 0.1) is 5.41 Å². The average Bonchev–Trinajstić information content (AvgIpc) is 1.89. The molecule has 0 aromatic carbocycles. The quantitative estimate of drug-likeness (QED) is 0.656. The Morgan fingerprint density at radius 1 is 1.33 bits per heavy atom. The van der Waals surface area contributed by atoms with Gasteiger partial charge < -0.3 is 0 Å². The molecule has 0 spiro atoms. The highest BCUT2D eigenvalue weighted by molar-refractivity contribution is 14.1. The van der Waals surface area contributed by atoms with Crippen LogP contribution in [-0.2, 0) is 0 Å².